The number of hydrogen-bond acceptors (Lipinski definition) is 3. The monoisotopic (exact) mass is 180 g/mol. The smallest absolute Gasteiger partial charge is 0.112 e. The van der Waals surface area contributed by atoms with Crippen LogP contribution in [-0.2, 0) is 4.74 Å². The van der Waals surface area contributed by atoms with E-state index in [1.54, 1.807) is 6.34 Å². The second kappa shape index (κ2) is 4.51. The second-order valence-corrected chi connectivity index (χ2v) is 3.71. The number of hydrogen-bond donors (Lipinski definition) is 0. The molecule has 0 aromatic heterocycles. The molecule has 13 heavy (non-hydrogen) atoms. The van der Waals surface area contributed by atoms with Crippen LogP contribution < -0.4 is 0 Å². The maximum atomic E-state index is 5.87. The highest BCUT2D eigenvalue weighted by atomic mass is 16.5. The summed E-state index contributed by atoms with van der Waals surface area (Å²) in [5, 5.41) is 0. The highest BCUT2D eigenvalue weighted by Crippen LogP contribution is 2.21. The number of ether oxygens (including phenoxy) is 1. The van der Waals surface area contributed by atoms with Gasteiger partial charge in [-0.1, -0.05) is 19.3 Å². The maximum absolute atomic E-state index is 5.87. The molecule has 1 unspecified atom stereocenters. The zero-order valence-corrected chi connectivity index (χ0v) is 7.85. The van der Waals surface area contributed by atoms with E-state index in [-0.39, 0.29) is 6.10 Å². The van der Waals surface area contributed by atoms with Crippen LogP contribution in [0, 0.1) is 0 Å². The van der Waals surface area contributed by atoms with Crippen molar-refractivity contribution in [2.75, 3.05) is 6.54 Å². The van der Waals surface area contributed by atoms with Crippen molar-refractivity contribution in [2.45, 2.75) is 44.3 Å². The summed E-state index contributed by atoms with van der Waals surface area (Å²) in [5.41, 5.74) is 0. The molecular weight excluding hydrogens is 164 g/mol. The summed E-state index contributed by atoms with van der Waals surface area (Å²) >= 11 is 0. The van der Waals surface area contributed by atoms with E-state index in [1.165, 1.54) is 32.1 Å². The van der Waals surface area contributed by atoms with Crippen LogP contribution in [-0.4, -0.2) is 31.3 Å². The molecule has 3 nitrogen and oxygen atoms in total. The van der Waals surface area contributed by atoms with Gasteiger partial charge in [-0.2, -0.15) is 0 Å². The SMILES string of the molecule is C1=NC=NCC1OC1CCCCC1. The minimum atomic E-state index is 0.132. The number of aliphatic imine (C=N–C) groups is 2. The molecule has 0 aromatic carbocycles. The van der Waals surface area contributed by atoms with E-state index >= 15 is 0 Å². The van der Waals surface area contributed by atoms with E-state index in [4.69, 9.17) is 4.74 Å². The zero-order valence-electron chi connectivity index (χ0n) is 7.85. The van der Waals surface area contributed by atoms with Gasteiger partial charge in [0.1, 0.15) is 12.4 Å². The largest absolute Gasteiger partial charge is 0.367 e. The highest BCUT2D eigenvalue weighted by molar-refractivity contribution is 5.77. The minimum absolute atomic E-state index is 0.132. The molecular formula is C10H16N2O. The summed E-state index contributed by atoms with van der Waals surface area (Å²) < 4.78 is 5.87. The molecule has 1 aliphatic carbocycles. The standard InChI is InChI=1S/C10H16N2O/c1-2-4-9(5-3-1)13-10-6-11-8-12-7-10/h6,8-10H,1-5,7H2. The third-order valence-electron chi connectivity index (χ3n) is 2.61. The first-order valence-corrected chi connectivity index (χ1v) is 5.12. The molecule has 1 atom stereocenters. The molecule has 1 saturated carbocycles. The summed E-state index contributed by atoms with van der Waals surface area (Å²) in [7, 11) is 0. The molecule has 3 heteroatoms. The Morgan fingerprint density at radius 3 is 2.69 bits per heavy atom. The molecule has 0 aromatic rings. The van der Waals surface area contributed by atoms with Crippen LogP contribution in [0.4, 0.5) is 0 Å². The third kappa shape index (κ3) is 2.62. The quantitative estimate of drug-likeness (QED) is 0.638. The Balaban J connectivity index is 1.76. The van der Waals surface area contributed by atoms with Gasteiger partial charge in [0, 0.05) is 6.21 Å². The Labute approximate surface area is 78.9 Å². The van der Waals surface area contributed by atoms with E-state index in [0.29, 0.717) is 6.10 Å². The van der Waals surface area contributed by atoms with Gasteiger partial charge in [-0.3, -0.25) is 4.99 Å². The predicted octanol–water partition coefficient (Wildman–Crippen LogP) is 1.82. The van der Waals surface area contributed by atoms with Gasteiger partial charge in [-0.25, -0.2) is 4.99 Å². The fourth-order valence-corrected chi connectivity index (χ4v) is 1.91. The summed E-state index contributed by atoms with van der Waals surface area (Å²) in [6, 6.07) is 0. The lowest BCUT2D eigenvalue weighted by Gasteiger charge is -2.25. The van der Waals surface area contributed by atoms with E-state index in [2.05, 4.69) is 9.98 Å². The van der Waals surface area contributed by atoms with Crippen LogP contribution in [0.1, 0.15) is 32.1 Å². The van der Waals surface area contributed by atoms with Crippen LogP contribution >= 0.6 is 0 Å². The molecule has 0 radical (unpaired) electrons. The molecule has 2 aliphatic rings. The lowest BCUT2D eigenvalue weighted by Crippen LogP contribution is -2.28. The first kappa shape index (κ1) is 8.88. The van der Waals surface area contributed by atoms with E-state index < -0.39 is 0 Å². The normalized spacial score (nSPS) is 29.4. The Hall–Kier alpha value is -0.700. The molecule has 0 saturated heterocycles. The summed E-state index contributed by atoms with van der Waals surface area (Å²) in [6.45, 7) is 0.750. The van der Waals surface area contributed by atoms with Crippen LogP contribution in [0.15, 0.2) is 9.98 Å². The molecule has 0 bridgehead atoms. The van der Waals surface area contributed by atoms with Crippen molar-refractivity contribution < 1.29 is 4.74 Å². The Morgan fingerprint density at radius 1 is 1.15 bits per heavy atom. The Morgan fingerprint density at radius 2 is 2.00 bits per heavy atom. The van der Waals surface area contributed by atoms with Gasteiger partial charge in [0.15, 0.2) is 0 Å². The highest BCUT2D eigenvalue weighted by Gasteiger charge is 2.18. The zero-order chi connectivity index (χ0) is 8.93. The van der Waals surface area contributed by atoms with Crippen molar-refractivity contribution in [2.24, 2.45) is 9.98 Å². The topological polar surface area (TPSA) is 34.0 Å². The maximum Gasteiger partial charge on any atom is 0.112 e. The van der Waals surface area contributed by atoms with Crippen LogP contribution in [0.3, 0.4) is 0 Å². The molecule has 1 heterocycles. The molecule has 2 rings (SSSR count). The van der Waals surface area contributed by atoms with Gasteiger partial charge in [0.25, 0.3) is 0 Å². The molecule has 0 spiro atoms. The van der Waals surface area contributed by atoms with Gasteiger partial charge in [0.2, 0.25) is 0 Å². The van der Waals surface area contributed by atoms with Crippen LogP contribution in [0.2, 0.25) is 0 Å². The van der Waals surface area contributed by atoms with Crippen molar-refractivity contribution in [1.29, 1.82) is 0 Å². The average molecular weight is 180 g/mol. The van der Waals surface area contributed by atoms with E-state index in [1.807, 2.05) is 6.21 Å². The molecule has 72 valence electrons. The lowest BCUT2D eigenvalue weighted by atomic mass is 9.97. The average Bonchev–Trinajstić information content (AvgIpc) is 2.21. The van der Waals surface area contributed by atoms with Crippen molar-refractivity contribution in [1.82, 2.24) is 0 Å². The van der Waals surface area contributed by atoms with Crippen LogP contribution in [0.5, 0.6) is 0 Å². The first-order valence-electron chi connectivity index (χ1n) is 5.12. The fourth-order valence-electron chi connectivity index (χ4n) is 1.91. The second-order valence-electron chi connectivity index (χ2n) is 3.71. The fraction of sp³-hybridized carbons (Fsp3) is 0.800. The van der Waals surface area contributed by atoms with Crippen molar-refractivity contribution in [3.05, 3.63) is 0 Å². The summed E-state index contributed by atoms with van der Waals surface area (Å²) in [4.78, 5) is 8.06. The first-order chi connectivity index (χ1) is 6.45. The van der Waals surface area contributed by atoms with Crippen molar-refractivity contribution in [3.63, 3.8) is 0 Å². The molecule has 0 N–H and O–H groups in total. The third-order valence-corrected chi connectivity index (χ3v) is 2.61. The molecule has 1 fully saturated rings. The molecule has 1 aliphatic heterocycles. The molecule has 0 amide bonds. The van der Waals surface area contributed by atoms with Crippen molar-refractivity contribution >= 4 is 12.6 Å². The van der Waals surface area contributed by atoms with Crippen LogP contribution in [0.25, 0.3) is 0 Å². The van der Waals surface area contributed by atoms with Gasteiger partial charge >= 0.3 is 0 Å². The van der Waals surface area contributed by atoms with Gasteiger partial charge < -0.3 is 4.74 Å². The van der Waals surface area contributed by atoms with E-state index in [0.717, 1.165) is 6.54 Å². The Kier molecular flexibility index (Phi) is 3.08. The van der Waals surface area contributed by atoms with E-state index in [9.17, 15) is 0 Å². The lowest BCUT2D eigenvalue weighted by molar-refractivity contribution is 0.00789. The number of nitrogens with zero attached hydrogens (tertiary/aromatic N) is 2. The van der Waals surface area contributed by atoms with Gasteiger partial charge in [-0.05, 0) is 12.8 Å². The van der Waals surface area contributed by atoms with Gasteiger partial charge in [-0.15, -0.1) is 0 Å². The Bertz CT molecular complexity index is 207. The summed E-state index contributed by atoms with van der Waals surface area (Å²) in [6.07, 6.45) is 10.5. The number of rotatable bonds is 2. The minimum Gasteiger partial charge on any atom is -0.367 e. The predicted molar refractivity (Wildman–Crippen MR) is 53.6 cm³/mol. The van der Waals surface area contributed by atoms with Crippen molar-refractivity contribution in [3.8, 4) is 0 Å². The van der Waals surface area contributed by atoms with Gasteiger partial charge in [0.05, 0.1) is 12.6 Å². The summed E-state index contributed by atoms with van der Waals surface area (Å²) in [5.74, 6) is 0.